The Morgan fingerprint density at radius 2 is 1.92 bits per heavy atom. The highest BCUT2D eigenvalue weighted by atomic mass is 32.2. The predicted octanol–water partition coefficient (Wildman–Crippen LogP) is 1.35. The number of urea groups is 1. The summed E-state index contributed by atoms with van der Waals surface area (Å²) in [4.78, 5) is 14.9. The molecule has 72 valence electrons. The smallest absolute Gasteiger partial charge is 0.319 e. The van der Waals surface area contributed by atoms with Gasteiger partial charge in [-0.2, -0.15) is 11.8 Å². The number of carbonyl (C=O) groups is 1. The predicted molar refractivity (Wildman–Crippen MR) is 54.7 cm³/mol. The van der Waals surface area contributed by atoms with Crippen LogP contribution in [0.5, 0.6) is 0 Å². The summed E-state index contributed by atoms with van der Waals surface area (Å²) in [6.45, 7) is 3.56. The quantitative estimate of drug-likeness (QED) is 0.668. The standard InChI is InChI=1S/C8H18N2OS/c1-5-9(2)8(11)10(3)6-7-12-4/h5-7H2,1-4H3. The molecule has 0 aliphatic heterocycles. The molecule has 0 unspecified atom stereocenters. The SMILES string of the molecule is CCN(C)C(=O)N(C)CCSC. The third-order valence-electron chi connectivity index (χ3n) is 1.76. The first kappa shape index (κ1) is 11.6. The number of thioether (sulfide) groups is 1. The molecule has 0 N–H and O–H groups in total. The Balaban J connectivity index is 3.75. The van der Waals surface area contributed by atoms with Gasteiger partial charge in [-0.1, -0.05) is 0 Å². The third kappa shape index (κ3) is 3.85. The molecule has 0 bridgehead atoms. The second kappa shape index (κ2) is 6.17. The lowest BCUT2D eigenvalue weighted by Gasteiger charge is -2.23. The van der Waals surface area contributed by atoms with E-state index in [0.717, 1.165) is 18.8 Å². The summed E-state index contributed by atoms with van der Waals surface area (Å²) in [5, 5.41) is 0. The Kier molecular flexibility index (Phi) is 5.98. The molecule has 0 aromatic heterocycles. The molecule has 0 atom stereocenters. The van der Waals surface area contributed by atoms with Crippen molar-refractivity contribution in [1.29, 1.82) is 0 Å². The molecule has 2 amide bonds. The van der Waals surface area contributed by atoms with Gasteiger partial charge in [0.2, 0.25) is 0 Å². The van der Waals surface area contributed by atoms with Crippen LogP contribution in [0.2, 0.25) is 0 Å². The molecular weight excluding hydrogens is 172 g/mol. The molecule has 0 aliphatic rings. The van der Waals surface area contributed by atoms with Gasteiger partial charge in [-0.15, -0.1) is 0 Å². The van der Waals surface area contributed by atoms with Crippen molar-refractivity contribution in [1.82, 2.24) is 9.80 Å². The van der Waals surface area contributed by atoms with Crippen molar-refractivity contribution < 1.29 is 4.79 Å². The highest BCUT2D eigenvalue weighted by Gasteiger charge is 2.10. The van der Waals surface area contributed by atoms with Crippen molar-refractivity contribution in [3.8, 4) is 0 Å². The second-order valence-electron chi connectivity index (χ2n) is 2.71. The van der Waals surface area contributed by atoms with E-state index in [-0.39, 0.29) is 6.03 Å². The highest BCUT2D eigenvalue weighted by molar-refractivity contribution is 7.98. The normalized spacial score (nSPS) is 9.67. The summed E-state index contributed by atoms with van der Waals surface area (Å²) in [5.74, 6) is 1.000. The van der Waals surface area contributed by atoms with Gasteiger partial charge in [0.25, 0.3) is 0 Å². The van der Waals surface area contributed by atoms with Crippen LogP contribution >= 0.6 is 11.8 Å². The Bertz CT molecular complexity index is 141. The maximum absolute atomic E-state index is 11.4. The minimum Gasteiger partial charge on any atom is -0.328 e. The van der Waals surface area contributed by atoms with Gasteiger partial charge in [0.1, 0.15) is 0 Å². The van der Waals surface area contributed by atoms with Gasteiger partial charge < -0.3 is 9.80 Å². The largest absolute Gasteiger partial charge is 0.328 e. The zero-order chi connectivity index (χ0) is 9.56. The molecular formula is C8H18N2OS. The van der Waals surface area contributed by atoms with Crippen molar-refractivity contribution >= 4 is 17.8 Å². The van der Waals surface area contributed by atoms with Gasteiger partial charge in [0.15, 0.2) is 0 Å². The summed E-state index contributed by atoms with van der Waals surface area (Å²) < 4.78 is 0. The fraction of sp³-hybridized carbons (Fsp3) is 0.875. The van der Waals surface area contributed by atoms with Crippen LogP contribution in [0, 0.1) is 0 Å². The molecule has 4 heteroatoms. The highest BCUT2D eigenvalue weighted by Crippen LogP contribution is 1.97. The molecule has 0 rings (SSSR count). The minimum absolute atomic E-state index is 0.103. The lowest BCUT2D eigenvalue weighted by Crippen LogP contribution is -2.39. The Labute approximate surface area is 79.1 Å². The van der Waals surface area contributed by atoms with Gasteiger partial charge in [0.05, 0.1) is 0 Å². The average molecular weight is 190 g/mol. The lowest BCUT2D eigenvalue weighted by molar-refractivity contribution is 0.178. The molecule has 0 saturated heterocycles. The number of amides is 2. The van der Waals surface area contributed by atoms with Crippen LogP contribution in [0.4, 0.5) is 4.79 Å². The first-order chi connectivity index (χ1) is 5.63. The molecule has 0 heterocycles. The van der Waals surface area contributed by atoms with Gasteiger partial charge in [-0.3, -0.25) is 0 Å². The van der Waals surface area contributed by atoms with E-state index in [0.29, 0.717) is 0 Å². The number of nitrogens with zero attached hydrogens (tertiary/aromatic N) is 2. The van der Waals surface area contributed by atoms with Crippen molar-refractivity contribution in [3.63, 3.8) is 0 Å². The Morgan fingerprint density at radius 1 is 1.33 bits per heavy atom. The lowest BCUT2D eigenvalue weighted by atomic mass is 10.6. The van der Waals surface area contributed by atoms with E-state index in [9.17, 15) is 4.79 Å². The van der Waals surface area contributed by atoms with Crippen LogP contribution in [0.25, 0.3) is 0 Å². The number of rotatable bonds is 4. The minimum atomic E-state index is 0.103. The van der Waals surface area contributed by atoms with E-state index >= 15 is 0 Å². The first-order valence-electron chi connectivity index (χ1n) is 4.08. The van der Waals surface area contributed by atoms with Crippen molar-refractivity contribution in [2.75, 3.05) is 39.2 Å². The molecule has 0 aliphatic carbocycles. The number of hydrogen-bond donors (Lipinski definition) is 0. The third-order valence-corrected chi connectivity index (χ3v) is 2.35. The summed E-state index contributed by atoms with van der Waals surface area (Å²) >= 11 is 1.75. The van der Waals surface area contributed by atoms with E-state index in [1.807, 2.05) is 27.3 Å². The van der Waals surface area contributed by atoms with E-state index in [1.54, 1.807) is 21.6 Å². The van der Waals surface area contributed by atoms with E-state index in [4.69, 9.17) is 0 Å². The van der Waals surface area contributed by atoms with E-state index in [1.165, 1.54) is 0 Å². The molecule has 3 nitrogen and oxygen atoms in total. The van der Waals surface area contributed by atoms with Crippen LogP contribution in [0.1, 0.15) is 6.92 Å². The van der Waals surface area contributed by atoms with Crippen molar-refractivity contribution in [3.05, 3.63) is 0 Å². The van der Waals surface area contributed by atoms with Crippen LogP contribution in [-0.2, 0) is 0 Å². The molecule has 0 saturated carbocycles. The molecule has 12 heavy (non-hydrogen) atoms. The van der Waals surface area contributed by atoms with Crippen LogP contribution in [-0.4, -0.2) is 55.0 Å². The molecule has 0 aromatic rings. The summed E-state index contributed by atoms with van der Waals surface area (Å²) in [5.41, 5.74) is 0. The summed E-state index contributed by atoms with van der Waals surface area (Å²) in [6.07, 6.45) is 2.04. The van der Waals surface area contributed by atoms with Gasteiger partial charge >= 0.3 is 6.03 Å². The zero-order valence-electron chi connectivity index (χ0n) is 8.33. The summed E-state index contributed by atoms with van der Waals surface area (Å²) in [7, 11) is 3.66. The maximum atomic E-state index is 11.4. The second-order valence-corrected chi connectivity index (χ2v) is 3.70. The first-order valence-corrected chi connectivity index (χ1v) is 5.48. The zero-order valence-corrected chi connectivity index (χ0v) is 9.15. The molecule has 0 fully saturated rings. The van der Waals surface area contributed by atoms with Crippen LogP contribution < -0.4 is 0 Å². The van der Waals surface area contributed by atoms with Crippen molar-refractivity contribution in [2.24, 2.45) is 0 Å². The van der Waals surface area contributed by atoms with E-state index in [2.05, 4.69) is 0 Å². The van der Waals surface area contributed by atoms with Crippen LogP contribution in [0.15, 0.2) is 0 Å². The Hall–Kier alpha value is -0.380. The summed E-state index contributed by atoms with van der Waals surface area (Å²) in [6, 6.07) is 0.103. The fourth-order valence-corrected chi connectivity index (χ4v) is 1.21. The van der Waals surface area contributed by atoms with Crippen molar-refractivity contribution in [2.45, 2.75) is 6.92 Å². The average Bonchev–Trinajstić information content (AvgIpc) is 2.11. The van der Waals surface area contributed by atoms with Gasteiger partial charge in [-0.25, -0.2) is 4.79 Å². The van der Waals surface area contributed by atoms with Gasteiger partial charge in [0, 0.05) is 32.9 Å². The molecule has 0 spiro atoms. The van der Waals surface area contributed by atoms with Gasteiger partial charge in [-0.05, 0) is 13.2 Å². The van der Waals surface area contributed by atoms with E-state index < -0.39 is 0 Å². The number of carbonyl (C=O) groups excluding carboxylic acids is 1. The molecule has 0 radical (unpaired) electrons. The number of hydrogen-bond acceptors (Lipinski definition) is 2. The van der Waals surface area contributed by atoms with Crippen LogP contribution in [0.3, 0.4) is 0 Å². The fourth-order valence-electron chi connectivity index (χ4n) is 0.751. The monoisotopic (exact) mass is 190 g/mol. The Morgan fingerprint density at radius 3 is 2.33 bits per heavy atom. The maximum Gasteiger partial charge on any atom is 0.319 e. The molecule has 0 aromatic carbocycles. The topological polar surface area (TPSA) is 23.6 Å².